The molecule has 0 spiro atoms. The Hall–Kier alpha value is -3.86. The molecule has 4 rings (SSSR count). The predicted molar refractivity (Wildman–Crippen MR) is 124 cm³/mol. The van der Waals surface area contributed by atoms with Crippen LogP contribution in [0.1, 0.15) is 23.1 Å². The Labute approximate surface area is 182 Å². The minimum absolute atomic E-state index is 0.335. The van der Waals surface area contributed by atoms with Gasteiger partial charge in [-0.2, -0.15) is 4.57 Å². The summed E-state index contributed by atoms with van der Waals surface area (Å²) in [6, 6.07) is 26.2. The highest BCUT2D eigenvalue weighted by atomic mass is 16.5. The topological polar surface area (TPSA) is 38.4 Å². The summed E-state index contributed by atoms with van der Waals surface area (Å²) < 4.78 is 9.36. The van der Waals surface area contributed by atoms with E-state index in [-0.39, 0.29) is 5.97 Å². The van der Waals surface area contributed by atoms with E-state index in [0.717, 1.165) is 34.8 Å². The summed E-state index contributed by atoms with van der Waals surface area (Å²) in [5, 5.41) is 0. The van der Waals surface area contributed by atoms with E-state index in [1.165, 1.54) is 7.11 Å². The van der Waals surface area contributed by atoms with E-state index in [2.05, 4.69) is 57.5 Å². The smallest absolute Gasteiger partial charge is 0.338 e. The SMILES string of the molecule is CC[n+]1c(/C=C/N(C)c2ccccc2)n(-c2ccccc2)c2ccc(C(=O)OC)cc21. The molecule has 5 heteroatoms. The molecule has 5 nitrogen and oxygen atoms in total. The molecule has 0 bridgehead atoms. The van der Waals surface area contributed by atoms with E-state index in [1.54, 1.807) is 0 Å². The van der Waals surface area contributed by atoms with Crippen molar-refractivity contribution in [3.05, 3.63) is 96.5 Å². The molecular formula is C26H26N3O2+. The molecule has 0 fully saturated rings. The van der Waals surface area contributed by atoms with Gasteiger partial charge in [-0.15, -0.1) is 0 Å². The number of anilines is 1. The van der Waals surface area contributed by atoms with Crippen molar-refractivity contribution in [2.45, 2.75) is 13.5 Å². The van der Waals surface area contributed by atoms with Crippen LogP contribution in [0.5, 0.6) is 0 Å². The Balaban J connectivity index is 1.91. The molecule has 4 aromatic rings. The monoisotopic (exact) mass is 412 g/mol. The fourth-order valence-electron chi connectivity index (χ4n) is 3.81. The summed E-state index contributed by atoms with van der Waals surface area (Å²) in [6.07, 6.45) is 4.18. The number of imidazole rings is 1. The molecule has 0 atom stereocenters. The molecule has 0 aliphatic heterocycles. The number of nitrogens with zero attached hydrogens (tertiary/aromatic N) is 3. The lowest BCUT2D eigenvalue weighted by Crippen LogP contribution is -2.35. The Kier molecular flexibility index (Phi) is 5.85. The van der Waals surface area contributed by atoms with Crippen LogP contribution in [0.15, 0.2) is 85.1 Å². The summed E-state index contributed by atoms with van der Waals surface area (Å²) in [4.78, 5) is 14.2. The molecule has 31 heavy (non-hydrogen) atoms. The van der Waals surface area contributed by atoms with Gasteiger partial charge >= 0.3 is 5.97 Å². The van der Waals surface area contributed by atoms with Crippen molar-refractivity contribution in [3.63, 3.8) is 0 Å². The number of aromatic nitrogens is 2. The number of para-hydroxylation sites is 2. The van der Waals surface area contributed by atoms with Crippen LogP contribution in [0.2, 0.25) is 0 Å². The number of esters is 1. The summed E-state index contributed by atoms with van der Waals surface area (Å²) in [5.41, 5.74) is 4.73. The zero-order valence-electron chi connectivity index (χ0n) is 18.0. The third-order valence-corrected chi connectivity index (χ3v) is 5.38. The number of fused-ring (bicyclic) bond motifs is 1. The maximum atomic E-state index is 12.1. The molecular weight excluding hydrogens is 386 g/mol. The minimum Gasteiger partial charge on any atom is -0.465 e. The highest BCUT2D eigenvalue weighted by molar-refractivity contribution is 5.93. The minimum atomic E-state index is -0.335. The fourth-order valence-corrected chi connectivity index (χ4v) is 3.81. The third-order valence-electron chi connectivity index (χ3n) is 5.38. The molecule has 0 saturated carbocycles. The number of carbonyl (C=O) groups excluding carboxylic acids is 1. The summed E-state index contributed by atoms with van der Waals surface area (Å²) in [5.74, 6) is 0.686. The Morgan fingerprint density at radius 2 is 1.71 bits per heavy atom. The van der Waals surface area contributed by atoms with Crippen LogP contribution >= 0.6 is 0 Å². The van der Waals surface area contributed by atoms with Gasteiger partial charge in [-0.1, -0.05) is 36.4 Å². The average Bonchev–Trinajstić information content (AvgIpc) is 3.15. The second kappa shape index (κ2) is 8.88. The second-order valence-electron chi connectivity index (χ2n) is 7.23. The molecule has 0 aliphatic rings. The molecule has 0 saturated heterocycles. The van der Waals surface area contributed by atoms with Gasteiger partial charge < -0.3 is 9.64 Å². The van der Waals surface area contributed by atoms with Crippen LogP contribution in [0.4, 0.5) is 5.69 Å². The molecule has 0 amide bonds. The maximum Gasteiger partial charge on any atom is 0.338 e. The normalized spacial score (nSPS) is 11.2. The number of benzene rings is 3. The number of ether oxygens (including phenoxy) is 1. The van der Waals surface area contributed by atoms with E-state index in [9.17, 15) is 4.79 Å². The van der Waals surface area contributed by atoms with E-state index >= 15 is 0 Å². The third kappa shape index (κ3) is 3.94. The number of rotatable bonds is 6. The number of carbonyl (C=O) groups is 1. The molecule has 156 valence electrons. The van der Waals surface area contributed by atoms with Crippen molar-refractivity contribution in [2.75, 3.05) is 19.1 Å². The zero-order chi connectivity index (χ0) is 21.8. The number of aryl methyl sites for hydroxylation is 1. The van der Waals surface area contributed by atoms with Gasteiger partial charge in [-0.3, -0.25) is 0 Å². The first kappa shape index (κ1) is 20.4. The summed E-state index contributed by atoms with van der Waals surface area (Å²) >= 11 is 0. The predicted octanol–water partition coefficient (Wildman–Crippen LogP) is 4.83. The first-order valence-electron chi connectivity index (χ1n) is 10.3. The van der Waals surface area contributed by atoms with Crippen LogP contribution in [0.3, 0.4) is 0 Å². The zero-order valence-corrected chi connectivity index (χ0v) is 18.0. The summed E-state index contributed by atoms with van der Waals surface area (Å²) in [7, 11) is 3.44. The first-order chi connectivity index (χ1) is 15.1. The van der Waals surface area contributed by atoms with Gasteiger partial charge in [-0.25, -0.2) is 9.36 Å². The largest absolute Gasteiger partial charge is 0.465 e. The second-order valence-corrected chi connectivity index (χ2v) is 7.23. The van der Waals surface area contributed by atoms with E-state index in [1.807, 2.05) is 61.6 Å². The van der Waals surface area contributed by atoms with Gasteiger partial charge in [0.05, 0.1) is 19.2 Å². The van der Waals surface area contributed by atoms with E-state index in [0.29, 0.717) is 5.56 Å². The van der Waals surface area contributed by atoms with Crippen LogP contribution in [-0.4, -0.2) is 24.7 Å². The van der Waals surface area contributed by atoms with Crippen molar-refractivity contribution >= 4 is 28.8 Å². The lowest BCUT2D eigenvalue weighted by atomic mass is 10.2. The van der Waals surface area contributed by atoms with Gasteiger partial charge in [0.25, 0.3) is 5.82 Å². The molecule has 0 unspecified atom stereocenters. The first-order valence-corrected chi connectivity index (χ1v) is 10.3. The standard InChI is InChI=1S/C26H26N3O2/c1-4-28-24-19-20(26(30)31-3)15-16-23(24)29(22-13-9-6-10-14-22)25(28)17-18-27(2)21-11-7-5-8-12-21/h5-19H,4H2,1-3H3/q+1. The fraction of sp³-hybridized carbons (Fsp3) is 0.154. The van der Waals surface area contributed by atoms with Gasteiger partial charge in [0.2, 0.25) is 0 Å². The molecule has 1 aromatic heterocycles. The summed E-state index contributed by atoms with van der Waals surface area (Å²) in [6.45, 7) is 2.87. The maximum absolute atomic E-state index is 12.1. The molecule has 3 aromatic carbocycles. The van der Waals surface area contributed by atoms with Crippen molar-refractivity contribution in [2.24, 2.45) is 0 Å². The van der Waals surface area contributed by atoms with E-state index in [4.69, 9.17) is 4.74 Å². The number of hydrogen-bond acceptors (Lipinski definition) is 3. The van der Waals surface area contributed by atoms with Crippen LogP contribution < -0.4 is 9.47 Å². The lowest BCUT2D eigenvalue weighted by Gasteiger charge is -2.13. The van der Waals surface area contributed by atoms with Gasteiger partial charge in [0, 0.05) is 31.1 Å². The number of hydrogen-bond donors (Lipinski definition) is 0. The van der Waals surface area contributed by atoms with Crippen LogP contribution in [-0.2, 0) is 11.3 Å². The van der Waals surface area contributed by atoms with Crippen molar-refractivity contribution < 1.29 is 14.1 Å². The highest BCUT2D eigenvalue weighted by Crippen LogP contribution is 2.23. The number of methoxy groups -OCH3 is 1. The van der Waals surface area contributed by atoms with Gasteiger partial charge in [0.1, 0.15) is 5.69 Å². The van der Waals surface area contributed by atoms with Gasteiger partial charge in [-0.05, 0) is 43.3 Å². The Morgan fingerprint density at radius 3 is 2.35 bits per heavy atom. The van der Waals surface area contributed by atoms with Crippen molar-refractivity contribution in [1.82, 2.24) is 4.57 Å². The van der Waals surface area contributed by atoms with E-state index < -0.39 is 0 Å². The molecule has 0 radical (unpaired) electrons. The molecule has 0 N–H and O–H groups in total. The van der Waals surface area contributed by atoms with Gasteiger partial charge in [0.15, 0.2) is 11.0 Å². The van der Waals surface area contributed by atoms with Crippen LogP contribution in [0, 0.1) is 0 Å². The molecule has 0 aliphatic carbocycles. The van der Waals surface area contributed by atoms with Crippen LogP contribution in [0.25, 0.3) is 22.8 Å². The molecule has 1 heterocycles. The van der Waals surface area contributed by atoms with Crippen molar-refractivity contribution in [1.29, 1.82) is 0 Å². The quantitative estimate of drug-likeness (QED) is 0.336. The Bertz CT molecular complexity index is 1230. The Morgan fingerprint density at radius 1 is 1.03 bits per heavy atom. The highest BCUT2D eigenvalue weighted by Gasteiger charge is 2.25. The van der Waals surface area contributed by atoms with Crippen molar-refractivity contribution in [3.8, 4) is 5.69 Å². The average molecular weight is 413 g/mol. The lowest BCUT2D eigenvalue weighted by molar-refractivity contribution is -0.670.